The van der Waals surface area contributed by atoms with Gasteiger partial charge in [-0.15, -0.1) is 0 Å². The van der Waals surface area contributed by atoms with Crippen LogP contribution in [-0.2, 0) is 27.2 Å². The van der Waals surface area contributed by atoms with E-state index >= 15 is 0 Å². The topological polar surface area (TPSA) is 59.3 Å². The standard InChI is InChI=1S/C19H22N4O2S/c1-21-16-6-3-13(9-17(16)22(2)19(21)25)10-20-18(24)23(15-4-5-15)11-14-7-8-26-12-14/h3,6-9,12,15H,4-5,10-11H2,1-2H3,(H,20,24). The summed E-state index contributed by atoms with van der Waals surface area (Å²) in [5, 5.41) is 7.16. The first-order valence-electron chi connectivity index (χ1n) is 8.74. The molecule has 1 aliphatic carbocycles. The number of aryl methyl sites for hydroxylation is 2. The van der Waals surface area contributed by atoms with Crippen LogP contribution in [0.4, 0.5) is 4.79 Å². The Morgan fingerprint density at radius 1 is 1.19 bits per heavy atom. The van der Waals surface area contributed by atoms with Crippen molar-refractivity contribution in [2.75, 3.05) is 0 Å². The van der Waals surface area contributed by atoms with Gasteiger partial charge in [-0.25, -0.2) is 9.59 Å². The van der Waals surface area contributed by atoms with Crippen LogP contribution in [-0.4, -0.2) is 26.1 Å². The van der Waals surface area contributed by atoms with Crippen molar-refractivity contribution in [1.29, 1.82) is 0 Å². The molecule has 26 heavy (non-hydrogen) atoms. The molecule has 0 saturated heterocycles. The molecule has 2 aromatic heterocycles. The van der Waals surface area contributed by atoms with Gasteiger partial charge in [0, 0.05) is 33.2 Å². The highest BCUT2D eigenvalue weighted by molar-refractivity contribution is 7.07. The third-order valence-corrected chi connectivity index (χ3v) is 5.69. The average Bonchev–Trinajstić information content (AvgIpc) is 3.32. The van der Waals surface area contributed by atoms with Gasteiger partial charge in [-0.2, -0.15) is 11.3 Å². The van der Waals surface area contributed by atoms with Crippen LogP contribution < -0.4 is 11.0 Å². The number of fused-ring (bicyclic) bond motifs is 1. The highest BCUT2D eigenvalue weighted by Gasteiger charge is 2.32. The second-order valence-corrected chi connectivity index (χ2v) is 7.65. The second kappa shape index (κ2) is 6.64. The van der Waals surface area contributed by atoms with Gasteiger partial charge in [0.15, 0.2) is 0 Å². The summed E-state index contributed by atoms with van der Waals surface area (Å²) in [4.78, 5) is 26.6. The van der Waals surface area contributed by atoms with Crippen LogP contribution in [0.25, 0.3) is 11.0 Å². The van der Waals surface area contributed by atoms with Gasteiger partial charge >= 0.3 is 11.7 Å². The molecule has 0 aliphatic heterocycles. The number of amides is 2. The third-order valence-electron chi connectivity index (χ3n) is 4.96. The summed E-state index contributed by atoms with van der Waals surface area (Å²) >= 11 is 1.65. The van der Waals surface area contributed by atoms with Crippen LogP contribution >= 0.6 is 11.3 Å². The Balaban J connectivity index is 1.47. The van der Waals surface area contributed by atoms with Crippen molar-refractivity contribution in [3.63, 3.8) is 0 Å². The Hall–Kier alpha value is -2.54. The number of rotatable bonds is 5. The van der Waals surface area contributed by atoms with E-state index in [1.54, 1.807) is 34.6 Å². The molecule has 3 aromatic rings. The summed E-state index contributed by atoms with van der Waals surface area (Å²) in [6.07, 6.45) is 2.16. The maximum Gasteiger partial charge on any atom is 0.328 e. The summed E-state index contributed by atoms with van der Waals surface area (Å²) in [5.41, 5.74) is 3.89. The van der Waals surface area contributed by atoms with Crippen molar-refractivity contribution in [2.24, 2.45) is 14.1 Å². The van der Waals surface area contributed by atoms with Gasteiger partial charge in [0.05, 0.1) is 11.0 Å². The van der Waals surface area contributed by atoms with E-state index in [2.05, 4.69) is 16.8 Å². The van der Waals surface area contributed by atoms with E-state index in [1.165, 1.54) is 5.56 Å². The molecule has 0 unspecified atom stereocenters. The van der Waals surface area contributed by atoms with Crippen LogP contribution in [0.1, 0.15) is 24.0 Å². The summed E-state index contributed by atoms with van der Waals surface area (Å²) < 4.78 is 3.26. The van der Waals surface area contributed by atoms with Crippen molar-refractivity contribution in [2.45, 2.75) is 32.0 Å². The molecule has 136 valence electrons. The smallest absolute Gasteiger partial charge is 0.328 e. The van der Waals surface area contributed by atoms with Gasteiger partial charge in [-0.1, -0.05) is 6.07 Å². The number of aromatic nitrogens is 2. The summed E-state index contributed by atoms with van der Waals surface area (Å²) in [6, 6.07) is 8.26. The van der Waals surface area contributed by atoms with Gasteiger partial charge in [-0.05, 0) is 52.9 Å². The predicted molar refractivity (Wildman–Crippen MR) is 103 cm³/mol. The van der Waals surface area contributed by atoms with Gasteiger partial charge in [0.2, 0.25) is 0 Å². The van der Waals surface area contributed by atoms with Crippen molar-refractivity contribution in [3.05, 3.63) is 56.6 Å². The van der Waals surface area contributed by atoms with Crippen molar-refractivity contribution < 1.29 is 4.79 Å². The Kier molecular flexibility index (Phi) is 4.32. The second-order valence-electron chi connectivity index (χ2n) is 6.87. The average molecular weight is 370 g/mol. The largest absolute Gasteiger partial charge is 0.334 e. The first kappa shape index (κ1) is 16.9. The summed E-state index contributed by atoms with van der Waals surface area (Å²) in [5.74, 6) is 0. The quantitative estimate of drug-likeness (QED) is 0.751. The van der Waals surface area contributed by atoms with E-state index in [9.17, 15) is 9.59 Å². The predicted octanol–water partition coefficient (Wildman–Crippen LogP) is 2.81. The number of carbonyl (C=O) groups is 1. The monoisotopic (exact) mass is 370 g/mol. The Bertz CT molecular complexity index is 999. The van der Waals surface area contributed by atoms with Crippen LogP contribution in [0, 0.1) is 0 Å². The fraction of sp³-hybridized carbons (Fsp3) is 0.368. The Morgan fingerprint density at radius 3 is 2.65 bits per heavy atom. The van der Waals surface area contributed by atoms with Crippen molar-refractivity contribution in [1.82, 2.24) is 19.4 Å². The fourth-order valence-corrected chi connectivity index (χ4v) is 3.93. The molecule has 1 N–H and O–H groups in total. The van der Waals surface area contributed by atoms with Crippen molar-refractivity contribution in [3.8, 4) is 0 Å². The molecule has 1 aromatic carbocycles. The zero-order valence-corrected chi connectivity index (χ0v) is 15.8. The minimum absolute atomic E-state index is 0.0271. The van der Waals surface area contributed by atoms with Gasteiger partial charge in [-0.3, -0.25) is 9.13 Å². The molecule has 2 amide bonds. The third kappa shape index (κ3) is 3.14. The first-order valence-corrected chi connectivity index (χ1v) is 9.69. The van der Waals surface area contributed by atoms with Crippen LogP contribution in [0.3, 0.4) is 0 Å². The molecule has 2 heterocycles. The minimum Gasteiger partial charge on any atom is -0.334 e. The minimum atomic E-state index is -0.0446. The summed E-state index contributed by atoms with van der Waals surface area (Å²) in [6.45, 7) is 1.11. The first-order chi connectivity index (χ1) is 12.5. The van der Waals surface area contributed by atoms with E-state index in [1.807, 2.05) is 28.5 Å². The van der Waals surface area contributed by atoms with E-state index in [0.717, 1.165) is 29.4 Å². The van der Waals surface area contributed by atoms with E-state index in [0.29, 0.717) is 19.1 Å². The Morgan fingerprint density at radius 2 is 1.96 bits per heavy atom. The zero-order valence-electron chi connectivity index (χ0n) is 14.9. The van der Waals surface area contributed by atoms with E-state index < -0.39 is 0 Å². The van der Waals surface area contributed by atoms with Crippen molar-refractivity contribution >= 4 is 28.4 Å². The molecule has 1 saturated carbocycles. The molecule has 1 aliphatic rings. The molecule has 0 radical (unpaired) electrons. The van der Waals surface area contributed by atoms with Crippen LogP contribution in [0.15, 0.2) is 39.8 Å². The lowest BCUT2D eigenvalue weighted by atomic mass is 10.2. The Labute approximate surface area is 155 Å². The van der Waals surface area contributed by atoms with Crippen LogP contribution in [0.5, 0.6) is 0 Å². The number of nitrogens with zero attached hydrogens (tertiary/aromatic N) is 3. The maximum atomic E-state index is 12.7. The number of nitrogens with one attached hydrogen (secondary N) is 1. The lowest BCUT2D eigenvalue weighted by Crippen LogP contribution is -2.40. The number of hydrogen-bond donors (Lipinski definition) is 1. The molecule has 4 rings (SSSR count). The molecular formula is C19H22N4O2S. The number of thiophene rings is 1. The van der Waals surface area contributed by atoms with Crippen LogP contribution in [0.2, 0.25) is 0 Å². The molecular weight excluding hydrogens is 348 g/mol. The highest BCUT2D eigenvalue weighted by atomic mass is 32.1. The summed E-state index contributed by atoms with van der Waals surface area (Å²) in [7, 11) is 3.53. The maximum absolute atomic E-state index is 12.7. The SMILES string of the molecule is Cn1c(=O)n(C)c2cc(CNC(=O)N(Cc3ccsc3)C3CC3)ccc21. The molecule has 6 nitrogen and oxygen atoms in total. The molecule has 0 bridgehead atoms. The zero-order chi connectivity index (χ0) is 18.3. The van der Waals surface area contributed by atoms with E-state index in [4.69, 9.17) is 0 Å². The molecule has 0 spiro atoms. The van der Waals surface area contributed by atoms with Gasteiger partial charge in [0.1, 0.15) is 0 Å². The lowest BCUT2D eigenvalue weighted by molar-refractivity contribution is 0.191. The number of carbonyl (C=O) groups excluding carboxylic acids is 1. The lowest BCUT2D eigenvalue weighted by Gasteiger charge is -2.22. The number of benzene rings is 1. The van der Waals surface area contributed by atoms with E-state index in [-0.39, 0.29) is 11.7 Å². The number of hydrogen-bond acceptors (Lipinski definition) is 3. The fourth-order valence-electron chi connectivity index (χ4n) is 3.27. The number of urea groups is 1. The normalized spacial score (nSPS) is 13.9. The molecule has 7 heteroatoms. The molecule has 1 fully saturated rings. The van der Waals surface area contributed by atoms with Gasteiger partial charge in [0.25, 0.3) is 0 Å². The highest BCUT2D eigenvalue weighted by Crippen LogP contribution is 2.28. The number of imidazole rings is 1. The molecule has 0 atom stereocenters. The van der Waals surface area contributed by atoms with Gasteiger partial charge < -0.3 is 10.2 Å².